The van der Waals surface area contributed by atoms with E-state index in [2.05, 4.69) is 15.7 Å². The highest BCUT2D eigenvalue weighted by atomic mass is 35.5. The number of likely N-dealkylation sites (tertiary alicyclic amines) is 1. The molecule has 2 heterocycles. The second-order valence-corrected chi connectivity index (χ2v) is 7.18. The fourth-order valence-electron chi connectivity index (χ4n) is 3.45. The van der Waals surface area contributed by atoms with Gasteiger partial charge in [-0.25, -0.2) is 9.37 Å². The van der Waals surface area contributed by atoms with E-state index in [1.165, 1.54) is 31.4 Å². The quantitative estimate of drug-likeness (QED) is 0.620. The van der Waals surface area contributed by atoms with Gasteiger partial charge in [-0.1, -0.05) is 18.0 Å². The van der Waals surface area contributed by atoms with Crippen LogP contribution in [0.25, 0.3) is 17.1 Å². The lowest BCUT2D eigenvalue weighted by atomic mass is 10.1. The van der Waals surface area contributed by atoms with Crippen LogP contribution in [0.5, 0.6) is 0 Å². The minimum Gasteiger partial charge on any atom is -0.299 e. The fraction of sp³-hybridized carbons (Fsp3) is 0.286. The molecule has 5 heteroatoms. The van der Waals surface area contributed by atoms with Crippen LogP contribution in [0.3, 0.4) is 0 Å². The van der Waals surface area contributed by atoms with Gasteiger partial charge in [0.1, 0.15) is 11.6 Å². The minimum atomic E-state index is -0.244. The number of rotatable bonds is 4. The number of benzene rings is 2. The molecular weight excluding hydrogens is 349 g/mol. The Balaban J connectivity index is 1.71. The maximum Gasteiger partial charge on any atom is 0.144 e. The average molecular weight is 370 g/mol. The van der Waals surface area contributed by atoms with Gasteiger partial charge in [-0.2, -0.15) is 0 Å². The second kappa shape index (κ2) is 7.60. The third-order valence-electron chi connectivity index (χ3n) is 4.80. The highest BCUT2D eigenvalue weighted by molar-refractivity contribution is 6.30. The first-order chi connectivity index (χ1) is 12.7. The maximum atomic E-state index is 13.3. The fourth-order valence-corrected chi connectivity index (χ4v) is 3.58. The molecule has 1 aromatic heterocycles. The average Bonchev–Trinajstić information content (AvgIpc) is 3.07. The van der Waals surface area contributed by atoms with Crippen molar-refractivity contribution in [1.82, 2.24) is 14.5 Å². The summed E-state index contributed by atoms with van der Waals surface area (Å²) in [7, 11) is 0. The zero-order valence-electron chi connectivity index (χ0n) is 14.5. The molecule has 0 amide bonds. The smallest absolute Gasteiger partial charge is 0.144 e. The summed E-state index contributed by atoms with van der Waals surface area (Å²) in [5, 5.41) is 0.700. The lowest BCUT2D eigenvalue weighted by molar-refractivity contribution is 0.219. The maximum absolute atomic E-state index is 13.3. The number of nitrogens with zero attached hydrogens (tertiary/aromatic N) is 3. The Morgan fingerprint density at radius 2 is 1.62 bits per heavy atom. The monoisotopic (exact) mass is 369 g/mol. The van der Waals surface area contributed by atoms with Crippen molar-refractivity contribution in [3.8, 4) is 17.1 Å². The number of piperidine rings is 1. The Morgan fingerprint density at radius 3 is 2.31 bits per heavy atom. The molecule has 0 aliphatic carbocycles. The molecule has 0 bridgehead atoms. The van der Waals surface area contributed by atoms with Crippen molar-refractivity contribution in [2.75, 3.05) is 13.1 Å². The van der Waals surface area contributed by atoms with Crippen LogP contribution in [-0.2, 0) is 6.54 Å². The van der Waals surface area contributed by atoms with Crippen LogP contribution in [0.1, 0.15) is 25.0 Å². The second-order valence-electron chi connectivity index (χ2n) is 6.75. The van der Waals surface area contributed by atoms with Gasteiger partial charge >= 0.3 is 0 Å². The normalized spacial score (nSPS) is 15.3. The molecule has 26 heavy (non-hydrogen) atoms. The topological polar surface area (TPSA) is 21.1 Å². The SMILES string of the molecule is Fc1ccc(-c2nc(CN3CCCCC3)cn2-c2ccc(Cl)cc2)cc1. The van der Waals surface area contributed by atoms with Crippen LogP contribution in [0.15, 0.2) is 54.7 Å². The van der Waals surface area contributed by atoms with Crippen molar-refractivity contribution in [3.05, 3.63) is 71.3 Å². The van der Waals surface area contributed by atoms with E-state index in [9.17, 15) is 4.39 Å². The lowest BCUT2D eigenvalue weighted by Gasteiger charge is -2.25. The summed E-state index contributed by atoms with van der Waals surface area (Å²) in [6.45, 7) is 3.09. The van der Waals surface area contributed by atoms with Crippen molar-refractivity contribution in [1.29, 1.82) is 0 Å². The number of hydrogen-bond acceptors (Lipinski definition) is 2. The van der Waals surface area contributed by atoms with Crippen molar-refractivity contribution in [2.45, 2.75) is 25.8 Å². The molecule has 0 N–H and O–H groups in total. The van der Waals surface area contributed by atoms with Crippen LogP contribution in [0.2, 0.25) is 5.02 Å². The van der Waals surface area contributed by atoms with Gasteiger partial charge in [-0.05, 0) is 74.5 Å². The summed E-state index contributed by atoms with van der Waals surface area (Å²) in [6, 6.07) is 14.2. The van der Waals surface area contributed by atoms with Crippen molar-refractivity contribution >= 4 is 11.6 Å². The lowest BCUT2D eigenvalue weighted by Crippen LogP contribution is -2.29. The first kappa shape index (κ1) is 17.3. The Bertz CT molecular complexity index is 802. The zero-order chi connectivity index (χ0) is 17.9. The van der Waals surface area contributed by atoms with Crippen molar-refractivity contribution < 1.29 is 4.39 Å². The molecule has 1 saturated heterocycles. The first-order valence-corrected chi connectivity index (χ1v) is 9.39. The predicted octanol–water partition coefficient (Wildman–Crippen LogP) is 5.32. The highest BCUT2D eigenvalue weighted by Crippen LogP contribution is 2.25. The summed E-state index contributed by atoms with van der Waals surface area (Å²) in [6.07, 6.45) is 5.90. The number of aromatic nitrogens is 2. The van der Waals surface area contributed by atoms with Crippen LogP contribution >= 0.6 is 11.6 Å². The van der Waals surface area contributed by atoms with Crippen LogP contribution in [0, 0.1) is 5.82 Å². The van der Waals surface area contributed by atoms with E-state index in [1.807, 2.05) is 24.3 Å². The van der Waals surface area contributed by atoms with Gasteiger partial charge in [0, 0.05) is 29.0 Å². The van der Waals surface area contributed by atoms with E-state index in [-0.39, 0.29) is 5.82 Å². The van der Waals surface area contributed by atoms with Crippen molar-refractivity contribution in [3.63, 3.8) is 0 Å². The van der Waals surface area contributed by atoms with Gasteiger partial charge in [0.05, 0.1) is 5.69 Å². The van der Waals surface area contributed by atoms with E-state index >= 15 is 0 Å². The molecule has 4 rings (SSSR count). The van der Waals surface area contributed by atoms with E-state index in [0.29, 0.717) is 5.02 Å². The summed E-state index contributed by atoms with van der Waals surface area (Å²) < 4.78 is 15.4. The summed E-state index contributed by atoms with van der Waals surface area (Å²) >= 11 is 6.03. The van der Waals surface area contributed by atoms with E-state index < -0.39 is 0 Å². The molecule has 134 valence electrons. The number of imidazole rings is 1. The number of hydrogen-bond donors (Lipinski definition) is 0. The van der Waals surface area contributed by atoms with E-state index in [4.69, 9.17) is 16.6 Å². The standard InChI is InChI=1S/C21H21ClFN3/c22-17-6-10-20(11-7-17)26-15-19(14-25-12-2-1-3-13-25)24-21(26)16-4-8-18(23)9-5-16/h4-11,15H,1-3,12-14H2. The largest absolute Gasteiger partial charge is 0.299 e. The van der Waals surface area contributed by atoms with Gasteiger partial charge in [-0.15, -0.1) is 0 Å². The summed E-state index contributed by atoms with van der Waals surface area (Å²) in [5.74, 6) is 0.575. The Morgan fingerprint density at radius 1 is 0.923 bits per heavy atom. The molecule has 1 aliphatic heterocycles. The first-order valence-electron chi connectivity index (χ1n) is 9.01. The Hall–Kier alpha value is -2.17. The van der Waals surface area contributed by atoms with Crippen molar-refractivity contribution in [2.24, 2.45) is 0 Å². The molecular formula is C21H21ClFN3. The van der Waals surface area contributed by atoms with E-state index in [1.54, 1.807) is 12.1 Å². The van der Waals surface area contributed by atoms with Gasteiger partial charge in [0.15, 0.2) is 0 Å². The molecule has 0 atom stereocenters. The van der Waals surface area contributed by atoms with Crippen LogP contribution in [0.4, 0.5) is 4.39 Å². The molecule has 3 nitrogen and oxygen atoms in total. The van der Waals surface area contributed by atoms with E-state index in [0.717, 1.165) is 42.4 Å². The third-order valence-corrected chi connectivity index (χ3v) is 5.05. The van der Waals surface area contributed by atoms with Gasteiger partial charge in [-0.3, -0.25) is 9.47 Å². The Labute approximate surface area is 158 Å². The summed E-state index contributed by atoms with van der Waals surface area (Å²) in [5.41, 5.74) is 2.92. The molecule has 2 aromatic carbocycles. The third kappa shape index (κ3) is 3.81. The number of halogens is 2. The molecule has 0 unspecified atom stereocenters. The summed E-state index contributed by atoms with van der Waals surface area (Å²) in [4.78, 5) is 7.32. The minimum absolute atomic E-state index is 0.244. The highest BCUT2D eigenvalue weighted by Gasteiger charge is 2.16. The zero-order valence-corrected chi connectivity index (χ0v) is 15.3. The van der Waals surface area contributed by atoms with Gasteiger partial charge < -0.3 is 0 Å². The molecule has 0 spiro atoms. The van der Waals surface area contributed by atoms with Crippen LogP contribution < -0.4 is 0 Å². The molecule has 3 aromatic rings. The van der Waals surface area contributed by atoms with Crippen LogP contribution in [-0.4, -0.2) is 27.5 Å². The predicted molar refractivity (Wildman–Crippen MR) is 103 cm³/mol. The van der Waals surface area contributed by atoms with Gasteiger partial charge in [0.25, 0.3) is 0 Å². The molecule has 1 aliphatic rings. The van der Waals surface area contributed by atoms with Gasteiger partial charge in [0.2, 0.25) is 0 Å². The molecule has 0 saturated carbocycles. The Kier molecular flexibility index (Phi) is 5.05. The molecule has 0 radical (unpaired) electrons. The molecule has 1 fully saturated rings.